The van der Waals surface area contributed by atoms with Crippen LogP contribution in [0.4, 0.5) is 5.13 Å². The van der Waals surface area contributed by atoms with E-state index < -0.39 is 10.0 Å². The summed E-state index contributed by atoms with van der Waals surface area (Å²) in [4.78, 5) is 6.68. The van der Waals surface area contributed by atoms with Crippen LogP contribution in [0.5, 0.6) is 0 Å². The molecule has 0 spiro atoms. The summed E-state index contributed by atoms with van der Waals surface area (Å²) < 4.78 is 32.7. The van der Waals surface area contributed by atoms with E-state index in [2.05, 4.69) is 10.1 Å². The molecular formula is C18H21ClN4O4S2. The Morgan fingerprint density at radius 1 is 1.34 bits per heavy atom. The van der Waals surface area contributed by atoms with Crippen molar-refractivity contribution in [2.45, 2.75) is 30.4 Å². The van der Waals surface area contributed by atoms with Gasteiger partial charge >= 0.3 is 0 Å². The van der Waals surface area contributed by atoms with Crippen LogP contribution < -0.4 is 4.90 Å². The van der Waals surface area contributed by atoms with E-state index in [1.807, 2.05) is 11.9 Å². The second-order valence-electron chi connectivity index (χ2n) is 7.37. The molecule has 0 aliphatic heterocycles. The highest BCUT2D eigenvalue weighted by atomic mass is 35.5. The Bertz CT molecular complexity index is 1110. The molecule has 11 heteroatoms. The van der Waals surface area contributed by atoms with E-state index >= 15 is 0 Å². The monoisotopic (exact) mass is 456 g/mol. The maximum atomic E-state index is 13.0. The molecular weight excluding hydrogens is 436 g/mol. The van der Waals surface area contributed by atoms with E-state index in [-0.39, 0.29) is 22.6 Å². The second-order valence-corrected chi connectivity index (χ2v) is 10.8. The molecule has 1 aromatic carbocycles. The molecule has 0 bridgehead atoms. The summed E-state index contributed by atoms with van der Waals surface area (Å²) in [6, 6.07) is 4.78. The number of aromatic nitrogens is 2. The number of thiazole rings is 1. The molecule has 4 rings (SSSR count). The first-order valence-corrected chi connectivity index (χ1v) is 11.7. The van der Waals surface area contributed by atoms with Gasteiger partial charge in [0.25, 0.3) is 0 Å². The lowest BCUT2D eigenvalue weighted by atomic mass is 9.82. The highest BCUT2D eigenvalue weighted by molar-refractivity contribution is 7.89. The molecule has 1 fully saturated rings. The van der Waals surface area contributed by atoms with E-state index in [1.54, 1.807) is 18.2 Å². The molecule has 0 unspecified atom stereocenters. The number of aliphatic hydroxyl groups excluding tert-OH is 1. The van der Waals surface area contributed by atoms with Crippen molar-refractivity contribution < 1.29 is 18.0 Å². The summed E-state index contributed by atoms with van der Waals surface area (Å²) in [5.41, 5.74) is 1.17. The summed E-state index contributed by atoms with van der Waals surface area (Å²) >= 11 is 7.74. The molecule has 29 heavy (non-hydrogen) atoms. The molecule has 1 saturated carbocycles. The van der Waals surface area contributed by atoms with Crippen LogP contribution in [0.1, 0.15) is 18.5 Å². The molecule has 156 valence electrons. The van der Waals surface area contributed by atoms with Crippen LogP contribution in [0.3, 0.4) is 0 Å². The first kappa shape index (κ1) is 20.5. The predicted molar refractivity (Wildman–Crippen MR) is 112 cm³/mol. The van der Waals surface area contributed by atoms with Crippen molar-refractivity contribution in [3.8, 4) is 0 Å². The third-order valence-corrected chi connectivity index (χ3v) is 8.46. The fraction of sp³-hybridized carbons (Fsp3) is 0.444. The minimum atomic E-state index is -3.81. The SMILES string of the molecule is CN(CC1CC(O)C1)c1nc2cc(Cl)c(S(=O)(=O)N(C)Cc3ccon3)cc2s1. The van der Waals surface area contributed by atoms with Gasteiger partial charge in [0.2, 0.25) is 10.0 Å². The fourth-order valence-corrected chi connectivity index (χ4v) is 6.09. The van der Waals surface area contributed by atoms with Crippen LogP contribution in [0.15, 0.2) is 33.9 Å². The number of nitrogens with zero attached hydrogens (tertiary/aromatic N) is 4. The average molecular weight is 457 g/mol. The lowest BCUT2D eigenvalue weighted by Crippen LogP contribution is -2.37. The van der Waals surface area contributed by atoms with Gasteiger partial charge in [-0.15, -0.1) is 0 Å². The third kappa shape index (κ3) is 4.13. The number of halogens is 1. The van der Waals surface area contributed by atoms with Crippen LogP contribution in [0, 0.1) is 5.92 Å². The fourth-order valence-electron chi connectivity index (χ4n) is 3.39. The molecule has 1 N–H and O–H groups in total. The zero-order valence-electron chi connectivity index (χ0n) is 15.9. The number of hydrogen-bond acceptors (Lipinski definition) is 8. The standard InChI is InChI=1S/C18H21ClN4O4S2/c1-22(9-11-5-13(24)6-11)18-20-15-7-14(19)17(8-16(15)28-18)29(25,26)23(2)10-12-3-4-27-21-12/h3-4,7-8,11,13,24H,5-6,9-10H2,1-2H3. The number of hydrogen-bond donors (Lipinski definition) is 1. The van der Waals surface area contributed by atoms with Gasteiger partial charge in [-0.25, -0.2) is 13.4 Å². The molecule has 0 amide bonds. The quantitative estimate of drug-likeness (QED) is 0.583. The van der Waals surface area contributed by atoms with Gasteiger partial charge in [-0.3, -0.25) is 0 Å². The first-order chi connectivity index (χ1) is 13.7. The molecule has 0 saturated heterocycles. The topological polar surface area (TPSA) is 99.8 Å². The molecule has 0 radical (unpaired) electrons. The van der Waals surface area contributed by atoms with Crippen LogP contribution in [-0.4, -0.2) is 54.7 Å². The molecule has 1 aliphatic rings. The number of anilines is 1. The van der Waals surface area contributed by atoms with E-state index in [1.165, 1.54) is 29.0 Å². The van der Waals surface area contributed by atoms with Gasteiger partial charge in [-0.1, -0.05) is 28.1 Å². The number of benzene rings is 1. The Hall–Kier alpha value is -1.72. The Kier molecular flexibility index (Phi) is 5.56. The van der Waals surface area contributed by atoms with Crippen LogP contribution in [0.2, 0.25) is 5.02 Å². The van der Waals surface area contributed by atoms with Crippen LogP contribution in [-0.2, 0) is 16.6 Å². The van der Waals surface area contributed by atoms with Crippen molar-refractivity contribution in [1.82, 2.24) is 14.4 Å². The number of fused-ring (bicyclic) bond motifs is 1. The Balaban J connectivity index is 1.59. The first-order valence-electron chi connectivity index (χ1n) is 9.09. The molecule has 3 aromatic rings. The predicted octanol–water partition coefficient (Wildman–Crippen LogP) is 2.97. The maximum Gasteiger partial charge on any atom is 0.244 e. The molecule has 2 heterocycles. The summed E-state index contributed by atoms with van der Waals surface area (Å²) in [5.74, 6) is 0.451. The number of aliphatic hydroxyl groups is 1. The van der Waals surface area contributed by atoms with Crippen molar-refractivity contribution >= 4 is 48.3 Å². The summed E-state index contributed by atoms with van der Waals surface area (Å²) in [6.07, 6.45) is 2.82. The Morgan fingerprint density at radius 3 is 2.76 bits per heavy atom. The zero-order valence-corrected chi connectivity index (χ0v) is 18.3. The van der Waals surface area contributed by atoms with Gasteiger partial charge in [0.15, 0.2) is 5.13 Å². The van der Waals surface area contributed by atoms with Gasteiger partial charge in [-0.05, 0) is 30.9 Å². The van der Waals surface area contributed by atoms with Gasteiger partial charge in [0, 0.05) is 26.7 Å². The van der Waals surface area contributed by atoms with Gasteiger partial charge < -0.3 is 14.5 Å². The largest absolute Gasteiger partial charge is 0.393 e. The van der Waals surface area contributed by atoms with E-state index in [4.69, 9.17) is 16.1 Å². The maximum absolute atomic E-state index is 13.0. The lowest BCUT2D eigenvalue weighted by Gasteiger charge is -2.34. The number of rotatable bonds is 7. The Labute approximate surface area is 177 Å². The zero-order chi connectivity index (χ0) is 20.8. The van der Waals surface area contributed by atoms with Crippen molar-refractivity contribution in [2.24, 2.45) is 5.92 Å². The molecule has 2 aromatic heterocycles. The van der Waals surface area contributed by atoms with Gasteiger partial charge in [0.1, 0.15) is 11.2 Å². The molecule has 8 nitrogen and oxygen atoms in total. The highest BCUT2D eigenvalue weighted by Gasteiger charge is 2.29. The third-order valence-electron chi connectivity index (χ3n) is 5.06. The van der Waals surface area contributed by atoms with Gasteiger partial charge in [-0.2, -0.15) is 4.31 Å². The highest BCUT2D eigenvalue weighted by Crippen LogP contribution is 2.36. The van der Waals surface area contributed by atoms with E-state index in [0.29, 0.717) is 17.1 Å². The van der Waals surface area contributed by atoms with Crippen molar-refractivity contribution in [2.75, 3.05) is 25.5 Å². The minimum Gasteiger partial charge on any atom is -0.393 e. The average Bonchev–Trinajstić information content (AvgIpc) is 3.28. The van der Waals surface area contributed by atoms with E-state index in [0.717, 1.165) is 29.2 Å². The van der Waals surface area contributed by atoms with Gasteiger partial charge in [0.05, 0.1) is 33.6 Å². The second kappa shape index (κ2) is 7.84. The van der Waals surface area contributed by atoms with Crippen LogP contribution >= 0.6 is 22.9 Å². The van der Waals surface area contributed by atoms with Crippen LogP contribution in [0.25, 0.3) is 10.2 Å². The van der Waals surface area contributed by atoms with E-state index in [9.17, 15) is 13.5 Å². The lowest BCUT2D eigenvalue weighted by molar-refractivity contribution is 0.0465. The summed E-state index contributed by atoms with van der Waals surface area (Å²) in [7, 11) is -0.384. The Morgan fingerprint density at radius 2 is 2.10 bits per heavy atom. The van der Waals surface area contributed by atoms with Crippen molar-refractivity contribution in [1.29, 1.82) is 0 Å². The van der Waals surface area contributed by atoms with Crippen molar-refractivity contribution in [3.63, 3.8) is 0 Å². The summed E-state index contributed by atoms with van der Waals surface area (Å²) in [6.45, 7) is 0.882. The smallest absolute Gasteiger partial charge is 0.244 e. The minimum absolute atomic E-state index is 0.0395. The van der Waals surface area contributed by atoms with Crippen molar-refractivity contribution in [3.05, 3.63) is 35.2 Å². The molecule has 0 atom stereocenters. The summed E-state index contributed by atoms with van der Waals surface area (Å²) in [5, 5.41) is 14.1. The normalized spacial score (nSPS) is 19.6. The number of sulfonamides is 1. The molecule has 1 aliphatic carbocycles.